The molecule has 1 rings (SSSR count). The topological polar surface area (TPSA) is 55.1 Å². The Morgan fingerprint density at radius 3 is 2.64 bits per heavy atom. The average molecular weight is 216 g/mol. The molecular weight excluding hydrogens is 196 g/mol. The van der Waals surface area contributed by atoms with Crippen molar-refractivity contribution in [1.29, 1.82) is 0 Å². The molecule has 0 aromatic carbocycles. The fraction of sp³-hybridized carbons (Fsp3) is 0.900. The highest BCUT2D eigenvalue weighted by Gasteiger charge is 2.19. The van der Waals surface area contributed by atoms with Crippen LogP contribution in [0.2, 0.25) is 0 Å². The predicted molar refractivity (Wildman–Crippen MR) is 61.4 cm³/mol. The molecule has 0 aromatic rings. The SMILES string of the molecule is CSCCC(=O)NC1CCC(N)CC1. The van der Waals surface area contributed by atoms with Crippen LogP contribution in [-0.2, 0) is 4.79 Å². The van der Waals surface area contributed by atoms with Crippen molar-refractivity contribution in [2.45, 2.75) is 44.2 Å². The molecular formula is C10H20N2OS. The lowest BCUT2D eigenvalue weighted by Gasteiger charge is -2.26. The van der Waals surface area contributed by atoms with E-state index in [9.17, 15) is 4.79 Å². The Balaban J connectivity index is 2.14. The second kappa shape index (κ2) is 6.30. The number of rotatable bonds is 4. The Bertz CT molecular complexity index is 179. The van der Waals surface area contributed by atoms with Gasteiger partial charge in [0, 0.05) is 24.3 Å². The van der Waals surface area contributed by atoms with Crippen LogP contribution in [-0.4, -0.2) is 30.0 Å². The van der Waals surface area contributed by atoms with E-state index >= 15 is 0 Å². The Morgan fingerprint density at radius 2 is 2.07 bits per heavy atom. The molecule has 1 amide bonds. The molecule has 1 fully saturated rings. The maximum Gasteiger partial charge on any atom is 0.221 e. The van der Waals surface area contributed by atoms with Gasteiger partial charge in [-0.15, -0.1) is 0 Å². The Hall–Kier alpha value is -0.220. The summed E-state index contributed by atoms with van der Waals surface area (Å²) in [6.07, 6.45) is 6.86. The molecule has 0 aromatic heterocycles. The third-order valence-electron chi connectivity index (χ3n) is 2.67. The number of nitrogens with one attached hydrogen (secondary N) is 1. The summed E-state index contributed by atoms with van der Waals surface area (Å²) < 4.78 is 0. The quantitative estimate of drug-likeness (QED) is 0.740. The molecule has 0 heterocycles. The molecule has 0 atom stereocenters. The zero-order chi connectivity index (χ0) is 10.4. The van der Waals surface area contributed by atoms with Gasteiger partial charge < -0.3 is 11.1 Å². The van der Waals surface area contributed by atoms with Crippen molar-refractivity contribution in [3.8, 4) is 0 Å². The molecule has 0 radical (unpaired) electrons. The lowest BCUT2D eigenvalue weighted by atomic mass is 9.92. The van der Waals surface area contributed by atoms with Crippen molar-refractivity contribution in [2.24, 2.45) is 5.73 Å². The van der Waals surface area contributed by atoms with E-state index in [-0.39, 0.29) is 5.91 Å². The van der Waals surface area contributed by atoms with Crippen LogP contribution in [0.1, 0.15) is 32.1 Å². The van der Waals surface area contributed by atoms with Gasteiger partial charge in [0.05, 0.1) is 0 Å². The van der Waals surface area contributed by atoms with Crippen LogP contribution in [0.4, 0.5) is 0 Å². The summed E-state index contributed by atoms with van der Waals surface area (Å²) in [5, 5.41) is 3.07. The molecule has 82 valence electrons. The van der Waals surface area contributed by atoms with E-state index in [2.05, 4.69) is 5.32 Å². The minimum absolute atomic E-state index is 0.194. The number of nitrogens with two attached hydrogens (primary N) is 1. The summed E-state index contributed by atoms with van der Waals surface area (Å²) >= 11 is 1.71. The van der Waals surface area contributed by atoms with Gasteiger partial charge in [-0.25, -0.2) is 0 Å². The van der Waals surface area contributed by atoms with Crippen LogP contribution in [0.25, 0.3) is 0 Å². The molecule has 1 saturated carbocycles. The summed E-state index contributed by atoms with van der Waals surface area (Å²) in [5.74, 6) is 1.11. The van der Waals surface area contributed by atoms with E-state index in [0.717, 1.165) is 31.4 Å². The van der Waals surface area contributed by atoms with Gasteiger partial charge in [-0.3, -0.25) is 4.79 Å². The molecule has 14 heavy (non-hydrogen) atoms. The van der Waals surface area contributed by atoms with E-state index in [1.165, 1.54) is 0 Å². The van der Waals surface area contributed by atoms with E-state index in [4.69, 9.17) is 5.73 Å². The fourth-order valence-electron chi connectivity index (χ4n) is 1.76. The molecule has 1 aliphatic carbocycles. The van der Waals surface area contributed by atoms with Crippen LogP contribution in [0.3, 0.4) is 0 Å². The molecule has 1 aliphatic rings. The van der Waals surface area contributed by atoms with Crippen LogP contribution in [0, 0.1) is 0 Å². The fourth-order valence-corrected chi connectivity index (χ4v) is 2.15. The molecule has 4 heteroatoms. The van der Waals surface area contributed by atoms with Crippen molar-refractivity contribution in [2.75, 3.05) is 12.0 Å². The smallest absolute Gasteiger partial charge is 0.221 e. The highest BCUT2D eigenvalue weighted by atomic mass is 32.2. The number of hydrogen-bond acceptors (Lipinski definition) is 3. The number of hydrogen-bond donors (Lipinski definition) is 2. The standard InChI is InChI=1S/C10H20N2OS/c1-14-7-6-10(13)12-9-4-2-8(11)3-5-9/h8-9H,2-7,11H2,1H3,(H,12,13). The molecule has 0 unspecified atom stereocenters. The zero-order valence-corrected chi connectivity index (χ0v) is 9.61. The first-order valence-electron chi connectivity index (χ1n) is 5.26. The van der Waals surface area contributed by atoms with E-state index in [1.807, 2.05) is 6.26 Å². The van der Waals surface area contributed by atoms with E-state index in [1.54, 1.807) is 11.8 Å². The van der Waals surface area contributed by atoms with Crippen molar-refractivity contribution in [3.05, 3.63) is 0 Å². The summed E-state index contributed by atoms with van der Waals surface area (Å²) in [6, 6.07) is 0.735. The Kier molecular flexibility index (Phi) is 5.33. The maximum absolute atomic E-state index is 11.4. The van der Waals surface area contributed by atoms with Crippen LogP contribution < -0.4 is 11.1 Å². The predicted octanol–water partition coefficient (Wildman–Crippen LogP) is 1.13. The second-order valence-corrected chi connectivity index (χ2v) is 4.91. The lowest BCUT2D eigenvalue weighted by Crippen LogP contribution is -2.40. The van der Waals surface area contributed by atoms with Gasteiger partial charge in [0.15, 0.2) is 0 Å². The molecule has 0 aliphatic heterocycles. The molecule has 0 saturated heterocycles. The van der Waals surface area contributed by atoms with E-state index < -0.39 is 0 Å². The Labute approximate surface area is 90.2 Å². The van der Waals surface area contributed by atoms with Crippen molar-refractivity contribution in [1.82, 2.24) is 5.32 Å². The van der Waals surface area contributed by atoms with Crippen molar-refractivity contribution in [3.63, 3.8) is 0 Å². The van der Waals surface area contributed by atoms with Crippen molar-refractivity contribution >= 4 is 17.7 Å². The summed E-state index contributed by atoms with van der Waals surface area (Å²) in [6.45, 7) is 0. The first-order valence-corrected chi connectivity index (χ1v) is 6.65. The van der Waals surface area contributed by atoms with Gasteiger partial charge in [-0.1, -0.05) is 0 Å². The monoisotopic (exact) mass is 216 g/mol. The maximum atomic E-state index is 11.4. The van der Waals surface area contributed by atoms with Gasteiger partial charge in [0.25, 0.3) is 0 Å². The van der Waals surface area contributed by atoms with Gasteiger partial charge >= 0.3 is 0 Å². The number of thioether (sulfide) groups is 1. The van der Waals surface area contributed by atoms with Gasteiger partial charge in [0.2, 0.25) is 5.91 Å². The van der Waals surface area contributed by atoms with Gasteiger partial charge in [-0.05, 0) is 31.9 Å². The number of carbonyl (C=O) groups excluding carboxylic acids is 1. The first kappa shape index (κ1) is 11.9. The number of amides is 1. The lowest BCUT2D eigenvalue weighted by molar-refractivity contribution is -0.121. The molecule has 3 nitrogen and oxygen atoms in total. The summed E-state index contributed by atoms with van der Waals surface area (Å²) in [4.78, 5) is 11.4. The largest absolute Gasteiger partial charge is 0.353 e. The van der Waals surface area contributed by atoms with Crippen LogP contribution in [0.15, 0.2) is 0 Å². The minimum Gasteiger partial charge on any atom is -0.353 e. The highest BCUT2D eigenvalue weighted by Crippen LogP contribution is 2.16. The van der Waals surface area contributed by atoms with Gasteiger partial charge in [0.1, 0.15) is 0 Å². The normalized spacial score (nSPS) is 27.3. The highest BCUT2D eigenvalue weighted by molar-refractivity contribution is 7.98. The third-order valence-corrected chi connectivity index (χ3v) is 3.28. The molecule has 0 spiro atoms. The third kappa shape index (κ3) is 4.33. The first-order chi connectivity index (χ1) is 6.72. The van der Waals surface area contributed by atoms with Crippen LogP contribution >= 0.6 is 11.8 Å². The van der Waals surface area contributed by atoms with E-state index in [0.29, 0.717) is 18.5 Å². The number of carbonyl (C=O) groups is 1. The molecule has 3 N–H and O–H groups in total. The minimum atomic E-state index is 0.194. The summed E-state index contributed by atoms with van der Waals surface area (Å²) in [5.41, 5.74) is 5.79. The summed E-state index contributed by atoms with van der Waals surface area (Å²) in [7, 11) is 0. The Morgan fingerprint density at radius 1 is 1.43 bits per heavy atom. The van der Waals surface area contributed by atoms with Crippen LogP contribution in [0.5, 0.6) is 0 Å². The molecule has 0 bridgehead atoms. The second-order valence-electron chi connectivity index (χ2n) is 3.92. The van der Waals surface area contributed by atoms with Gasteiger partial charge in [-0.2, -0.15) is 11.8 Å². The average Bonchev–Trinajstić information content (AvgIpc) is 2.18. The zero-order valence-electron chi connectivity index (χ0n) is 8.79. The van der Waals surface area contributed by atoms with Crippen molar-refractivity contribution < 1.29 is 4.79 Å².